The second kappa shape index (κ2) is 3.57. The van der Waals surface area contributed by atoms with E-state index in [1.54, 1.807) is 0 Å². The number of hydrogen-bond donors (Lipinski definition) is 1. The van der Waals surface area contributed by atoms with Gasteiger partial charge in [-0.2, -0.15) is 0 Å². The van der Waals surface area contributed by atoms with Gasteiger partial charge in [-0.15, -0.1) is 0 Å². The number of aromatic amines is 1. The Morgan fingerprint density at radius 3 is 2.58 bits per heavy atom. The van der Waals surface area contributed by atoms with Gasteiger partial charge in [0.25, 0.3) is 0 Å². The number of H-pyrrole nitrogens is 1. The monoisotopic (exact) mass is 208 g/mol. The normalized spacial score (nSPS) is 9.33. The molecule has 12 heavy (non-hydrogen) atoms. The van der Waals surface area contributed by atoms with E-state index in [9.17, 15) is 4.79 Å². The SMILES string of the molecule is O=c1ccc2ccccc2[nH]1.[Cu]. The maximum Gasteiger partial charge on any atom is 0.248 e. The van der Waals surface area contributed by atoms with Crippen LogP contribution in [0.1, 0.15) is 0 Å². The van der Waals surface area contributed by atoms with Crippen molar-refractivity contribution in [1.29, 1.82) is 0 Å². The maximum absolute atomic E-state index is 10.8. The Labute approximate surface area is 80.1 Å². The zero-order valence-electron chi connectivity index (χ0n) is 6.17. The van der Waals surface area contributed by atoms with Crippen molar-refractivity contribution < 1.29 is 17.1 Å². The topological polar surface area (TPSA) is 32.9 Å². The predicted molar refractivity (Wildman–Crippen MR) is 44.6 cm³/mol. The van der Waals surface area contributed by atoms with Gasteiger partial charge in [0.15, 0.2) is 0 Å². The molecule has 2 aromatic rings. The van der Waals surface area contributed by atoms with Gasteiger partial charge < -0.3 is 4.98 Å². The molecule has 1 aromatic carbocycles. The molecule has 0 aliphatic heterocycles. The number of fused-ring (bicyclic) bond motifs is 1. The summed E-state index contributed by atoms with van der Waals surface area (Å²) in [5.41, 5.74) is 0.837. The van der Waals surface area contributed by atoms with Gasteiger partial charge in [0.1, 0.15) is 0 Å². The summed E-state index contributed by atoms with van der Waals surface area (Å²) in [5, 5.41) is 1.06. The van der Waals surface area contributed by atoms with Crippen molar-refractivity contribution in [3.63, 3.8) is 0 Å². The van der Waals surface area contributed by atoms with Crippen LogP contribution in [0.5, 0.6) is 0 Å². The first-order valence-corrected chi connectivity index (χ1v) is 3.44. The molecule has 1 aromatic heterocycles. The van der Waals surface area contributed by atoms with E-state index in [4.69, 9.17) is 0 Å². The van der Waals surface area contributed by atoms with E-state index in [1.165, 1.54) is 6.07 Å². The van der Waals surface area contributed by atoms with Crippen LogP contribution in [-0.2, 0) is 17.1 Å². The molecule has 0 fully saturated rings. The molecule has 1 radical (unpaired) electrons. The number of aromatic nitrogens is 1. The van der Waals surface area contributed by atoms with Gasteiger partial charge in [0.2, 0.25) is 5.56 Å². The summed E-state index contributed by atoms with van der Waals surface area (Å²) in [5.74, 6) is 0. The van der Waals surface area contributed by atoms with Gasteiger partial charge >= 0.3 is 0 Å². The van der Waals surface area contributed by atoms with Crippen molar-refractivity contribution in [2.45, 2.75) is 0 Å². The van der Waals surface area contributed by atoms with Crippen LogP contribution in [0.4, 0.5) is 0 Å². The zero-order chi connectivity index (χ0) is 7.68. The standard InChI is InChI=1S/C9H7NO.Cu/c11-9-6-5-7-3-1-2-4-8(7)10-9;/h1-6H,(H,10,11);. The maximum atomic E-state index is 10.8. The van der Waals surface area contributed by atoms with E-state index in [-0.39, 0.29) is 22.6 Å². The third-order valence-electron chi connectivity index (χ3n) is 1.63. The largest absolute Gasteiger partial charge is 0.322 e. The van der Waals surface area contributed by atoms with Crippen LogP contribution in [0.25, 0.3) is 10.9 Å². The Hall–Kier alpha value is -1.05. The number of nitrogens with one attached hydrogen (secondary N) is 1. The second-order valence-corrected chi connectivity index (χ2v) is 2.41. The van der Waals surface area contributed by atoms with Crippen molar-refractivity contribution in [2.24, 2.45) is 0 Å². The van der Waals surface area contributed by atoms with Crippen molar-refractivity contribution in [1.82, 2.24) is 4.98 Å². The molecular weight excluding hydrogens is 202 g/mol. The van der Waals surface area contributed by atoms with Gasteiger partial charge in [0.05, 0.1) is 0 Å². The molecule has 0 aliphatic carbocycles. The minimum absolute atomic E-state index is 0. The summed E-state index contributed by atoms with van der Waals surface area (Å²) < 4.78 is 0. The first-order valence-electron chi connectivity index (χ1n) is 3.44. The van der Waals surface area contributed by atoms with E-state index < -0.39 is 0 Å². The van der Waals surface area contributed by atoms with Gasteiger partial charge in [-0.05, 0) is 17.5 Å². The van der Waals surface area contributed by atoms with Crippen LogP contribution in [-0.4, -0.2) is 4.98 Å². The summed E-state index contributed by atoms with van der Waals surface area (Å²) >= 11 is 0. The molecule has 0 spiro atoms. The van der Waals surface area contributed by atoms with Gasteiger partial charge in [-0.25, -0.2) is 0 Å². The fourth-order valence-electron chi connectivity index (χ4n) is 1.10. The molecule has 65 valence electrons. The Bertz CT molecular complexity index is 435. The molecule has 2 rings (SSSR count). The van der Waals surface area contributed by atoms with E-state index >= 15 is 0 Å². The van der Waals surface area contributed by atoms with Crippen LogP contribution < -0.4 is 5.56 Å². The summed E-state index contributed by atoms with van der Waals surface area (Å²) in [6, 6.07) is 11.0. The molecule has 0 amide bonds. The van der Waals surface area contributed by atoms with Crippen molar-refractivity contribution >= 4 is 10.9 Å². The van der Waals surface area contributed by atoms with Gasteiger partial charge in [-0.3, -0.25) is 4.79 Å². The van der Waals surface area contributed by atoms with Crippen LogP contribution >= 0.6 is 0 Å². The molecule has 0 bridgehead atoms. The quantitative estimate of drug-likeness (QED) is 0.655. The van der Waals surface area contributed by atoms with Crippen LogP contribution in [0, 0.1) is 0 Å². The van der Waals surface area contributed by atoms with Gasteiger partial charge in [0, 0.05) is 28.7 Å². The Kier molecular flexibility index (Phi) is 2.69. The Balaban J connectivity index is 0.000000720. The summed E-state index contributed by atoms with van der Waals surface area (Å²) in [6.07, 6.45) is 0. The summed E-state index contributed by atoms with van der Waals surface area (Å²) in [4.78, 5) is 13.6. The van der Waals surface area contributed by atoms with Crippen LogP contribution in [0.2, 0.25) is 0 Å². The second-order valence-electron chi connectivity index (χ2n) is 2.41. The first kappa shape index (κ1) is 9.04. The number of pyridine rings is 1. The van der Waals surface area contributed by atoms with E-state index in [0.29, 0.717) is 0 Å². The van der Waals surface area contributed by atoms with Crippen molar-refractivity contribution in [2.75, 3.05) is 0 Å². The van der Waals surface area contributed by atoms with Gasteiger partial charge in [-0.1, -0.05) is 18.2 Å². The zero-order valence-corrected chi connectivity index (χ0v) is 7.12. The van der Waals surface area contributed by atoms with E-state index in [2.05, 4.69) is 4.98 Å². The van der Waals surface area contributed by atoms with E-state index in [1.807, 2.05) is 30.3 Å². The fourth-order valence-corrected chi connectivity index (χ4v) is 1.10. The minimum atomic E-state index is -0.0521. The minimum Gasteiger partial charge on any atom is -0.322 e. The van der Waals surface area contributed by atoms with Crippen molar-refractivity contribution in [3.05, 3.63) is 46.8 Å². The third-order valence-corrected chi connectivity index (χ3v) is 1.63. The molecule has 1 heterocycles. The third kappa shape index (κ3) is 1.58. The number of rotatable bonds is 0. The number of para-hydroxylation sites is 1. The fraction of sp³-hybridized carbons (Fsp3) is 0. The average Bonchev–Trinajstić information content (AvgIpc) is 2.04. The molecule has 3 heteroatoms. The Morgan fingerprint density at radius 1 is 1.00 bits per heavy atom. The predicted octanol–water partition coefficient (Wildman–Crippen LogP) is 1.53. The summed E-state index contributed by atoms with van der Waals surface area (Å²) in [7, 11) is 0. The molecule has 1 N–H and O–H groups in total. The number of hydrogen-bond acceptors (Lipinski definition) is 1. The van der Waals surface area contributed by atoms with E-state index in [0.717, 1.165) is 10.9 Å². The molecule has 0 atom stereocenters. The first-order chi connectivity index (χ1) is 5.36. The Morgan fingerprint density at radius 2 is 1.75 bits per heavy atom. The molecule has 0 saturated heterocycles. The molecular formula is C9H7CuNO. The molecule has 2 nitrogen and oxygen atoms in total. The van der Waals surface area contributed by atoms with Crippen LogP contribution in [0.15, 0.2) is 41.2 Å². The van der Waals surface area contributed by atoms with Crippen LogP contribution in [0.3, 0.4) is 0 Å². The van der Waals surface area contributed by atoms with Crippen molar-refractivity contribution in [3.8, 4) is 0 Å². The molecule has 0 saturated carbocycles. The average molecular weight is 209 g/mol. The molecule has 0 aliphatic rings. The summed E-state index contributed by atoms with van der Waals surface area (Å²) in [6.45, 7) is 0. The smallest absolute Gasteiger partial charge is 0.248 e. The molecule has 0 unspecified atom stereocenters. The number of benzene rings is 1.